The lowest BCUT2D eigenvalue weighted by atomic mass is 10.2. The second-order valence-electron chi connectivity index (χ2n) is 7.66. The molecule has 1 aliphatic carbocycles. The average Bonchev–Trinajstić information content (AvgIpc) is 3.48. The molecule has 160 valence electrons. The Balaban J connectivity index is 1.70. The number of carbonyl (C=O) groups excluding carboxylic acids is 2. The number of rotatable bonds is 7. The Kier molecular flexibility index (Phi) is 6.79. The molecule has 0 aromatic heterocycles. The Bertz CT molecular complexity index is 862. The van der Waals surface area contributed by atoms with Gasteiger partial charge in [-0.25, -0.2) is 8.42 Å². The van der Waals surface area contributed by atoms with Crippen LogP contribution in [0.5, 0.6) is 5.75 Å². The lowest BCUT2D eigenvalue weighted by molar-refractivity contribution is -0.148. The monoisotopic (exact) mass is 424 g/mol. The molecule has 29 heavy (non-hydrogen) atoms. The third-order valence-corrected chi connectivity index (χ3v) is 7.30. The number of sulfonamides is 1. The number of esters is 1. The quantitative estimate of drug-likeness (QED) is 0.675. The summed E-state index contributed by atoms with van der Waals surface area (Å²) in [6.45, 7) is 2.51. The van der Waals surface area contributed by atoms with E-state index >= 15 is 0 Å². The number of benzene rings is 1. The number of amides is 1. The van der Waals surface area contributed by atoms with Gasteiger partial charge in [-0.1, -0.05) is 19.8 Å². The van der Waals surface area contributed by atoms with Crippen molar-refractivity contribution >= 4 is 27.6 Å². The molecule has 0 bridgehead atoms. The van der Waals surface area contributed by atoms with Gasteiger partial charge in [-0.15, -0.1) is 0 Å². The fraction of sp³-hybridized carbons (Fsp3) is 0.600. The normalized spacial score (nSPS) is 22.4. The molecular formula is C20H28N2O6S. The van der Waals surface area contributed by atoms with E-state index in [0.29, 0.717) is 24.8 Å². The van der Waals surface area contributed by atoms with Crippen LogP contribution in [-0.2, 0) is 24.3 Å². The van der Waals surface area contributed by atoms with Crippen molar-refractivity contribution in [3.63, 3.8) is 0 Å². The molecule has 3 rings (SSSR count). The second-order valence-corrected chi connectivity index (χ2v) is 9.59. The second kappa shape index (κ2) is 9.13. The number of anilines is 1. The molecule has 1 aromatic carbocycles. The Hall–Kier alpha value is -2.13. The molecule has 9 heteroatoms. The van der Waals surface area contributed by atoms with Crippen molar-refractivity contribution in [2.75, 3.05) is 32.1 Å². The number of methoxy groups -OCH3 is 1. The molecule has 1 N–H and O–H groups in total. The van der Waals surface area contributed by atoms with Crippen molar-refractivity contribution in [3.05, 3.63) is 18.2 Å². The van der Waals surface area contributed by atoms with Crippen LogP contribution in [0.25, 0.3) is 0 Å². The average molecular weight is 425 g/mol. The summed E-state index contributed by atoms with van der Waals surface area (Å²) in [6, 6.07) is 4.38. The first-order valence-corrected chi connectivity index (χ1v) is 11.4. The summed E-state index contributed by atoms with van der Waals surface area (Å²) in [7, 11) is -2.23. The SMILES string of the molecule is COc1ccc(S(=O)(=O)N2CCCCCC2)cc1NC(=O)COC(=O)[C@H]1C[C@@H]1C. The summed E-state index contributed by atoms with van der Waals surface area (Å²) >= 11 is 0. The van der Waals surface area contributed by atoms with Crippen molar-refractivity contribution in [3.8, 4) is 5.75 Å². The Morgan fingerprint density at radius 2 is 1.83 bits per heavy atom. The predicted molar refractivity (Wildman–Crippen MR) is 107 cm³/mol. The third-order valence-electron chi connectivity index (χ3n) is 5.41. The fourth-order valence-electron chi connectivity index (χ4n) is 3.46. The van der Waals surface area contributed by atoms with Crippen LogP contribution in [0.1, 0.15) is 39.0 Å². The van der Waals surface area contributed by atoms with Gasteiger partial charge in [0.25, 0.3) is 5.91 Å². The third kappa shape index (κ3) is 5.27. The van der Waals surface area contributed by atoms with Gasteiger partial charge in [-0.3, -0.25) is 9.59 Å². The molecule has 0 unspecified atom stereocenters. The Labute approximate surface area is 171 Å². The Morgan fingerprint density at radius 1 is 1.17 bits per heavy atom. The van der Waals surface area contributed by atoms with Gasteiger partial charge in [0.2, 0.25) is 10.0 Å². The minimum Gasteiger partial charge on any atom is -0.495 e. The number of carbonyl (C=O) groups is 2. The Morgan fingerprint density at radius 3 is 2.41 bits per heavy atom. The van der Waals surface area contributed by atoms with Crippen molar-refractivity contribution in [2.24, 2.45) is 11.8 Å². The molecule has 2 fully saturated rings. The van der Waals surface area contributed by atoms with Gasteiger partial charge in [0.05, 0.1) is 23.6 Å². The van der Waals surface area contributed by atoms with E-state index in [1.165, 1.54) is 29.6 Å². The van der Waals surface area contributed by atoms with Crippen LogP contribution in [-0.4, -0.2) is 51.4 Å². The first kappa shape index (κ1) is 21.6. The zero-order chi connectivity index (χ0) is 21.0. The highest BCUT2D eigenvalue weighted by molar-refractivity contribution is 7.89. The van der Waals surface area contributed by atoms with E-state index in [0.717, 1.165) is 32.1 Å². The summed E-state index contributed by atoms with van der Waals surface area (Å²) in [4.78, 5) is 24.1. The van der Waals surface area contributed by atoms with Crippen molar-refractivity contribution < 1.29 is 27.5 Å². The summed E-state index contributed by atoms with van der Waals surface area (Å²) in [5, 5.41) is 2.59. The molecule has 2 aliphatic rings. The summed E-state index contributed by atoms with van der Waals surface area (Å²) < 4.78 is 37.8. The zero-order valence-corrected chi connectivity index (χ0v) is 17.7. The largest absolute Gasteiger partial charge is 0.495 e. The lowest BCUT2D eigenvalue weighted by Gasteiger charge is -2.21. The molecule has 0 radical (unpaired) electrons. The summed E-state index contributed by atoms with van der Waals surface area (Å²) in [5.74, 6) is -0.423. The molecule has 0 spiro atoms. The molecule has 1 heterocycles. The van der Waals surface area contributed by atoms with E-state index in [-0.39, 0.29) is 22.5 Å². The first-order chi connectivity index (χ1) is 13.8. The molecule has 8 nitrogen and oxygen atoms in total. The van der Waals surface area contributed by atoms with Gasteiger partial charge in [-0.2, -0.15) is 4.31 Å². The maximum absolute atomic E-state index is 13.0. The van der Waals surface area contributed by atoms with E-state index < -0.39 is 22.5 Å². The van der Waals surface area contributed by atoms with Crippen molar-refractivity contribution in [2.45, 2.75) is 43.9 Å². The number of ether oxygens (including phenoxy) is 2. The standard InChI is InChI=1S/C20H28N2O6S/c1-14-11-16(14)20(24)28-13-19(23)21-17-12-15(7-8-18(17)27-2)29(25,26)22-9-5-3-4-6-10-22/h7-8,12,14,16H,3-6,9-11,13H2,1-2H3,(H,21,23)/t14-,16-/m0/s1. The highest BCUT2D eigenvalue weighted by atomic mass is 32.2. The smallest absolute Gasteiger partial charge is 0.309 e. The van der Waals surface area contributed by atoms with Crippen LogP contribution >= 0.6 is 0 Å². The molecule has 1 saturated heterocycles. The molecule has 1 aromatic rings. The fourth-order valence-corrected chi connectivity index (χ4v) is 5.00. The number of nitrogens with one attached hydrogen (secondary N) is 1. The van der Waals surface area contributed by atoms with Gasteiger partial charge in [0, 0.05) is 13.1 Å². The summed E-state index contributed by atoms with van der Waals surface area (Å²) in [6.07, 6.45) is 4.50. The van der Waals surface area contributed by atoms with Gasteiger partial charge in [0.15, 0.2) is 6.61 Å². The molecular weight excluding hydrogens is 396 g/mol. The minimum absolute atomic E-state index is 0.0966. The van der Waals surface area contributed by atoms with Gasteiger partial charge >= 0.3 is 5.97 Å². The highest BCUT2D eigenvalue weighted by Gasteiger charge is 2.40. The highest BCUT2D eigenvalue weighted by Crippen LogP contribution is 2.38. The van der Waals surface area contributed by atoms with Crippen molar-refractivity contribution in [1.82, 2.24) is 4.31 Å². The zero-order valence-electron chi connectivity index (χ0n) is 16.8. The van der Waals surface area contributed by atoms with Crippen LogP contribution in [0.2, 0.25) is 0 Å². The summed E-state index contributed by atoms with van der Waals surface area (Å²) in [5.41, 5.74) is 0.226. The maximum atomic E-state index is 13.0. The van der Waals surface area contributed by atoms with Crippen molar-refractivity contribution in [1.29, 1.82) is 0 Å². The first-order valence-electron chi connectivity index (χ1n) is 9.97. The molecule has 1 saturated carbocycles. The topological polar surface area (TPSA) is 102 Å². The van der Waals surface area contributed by atoms with E-state index in [9.17, 15) is 18.0 Å². The van der Waals surface area contributed by atoms with Gasteiger partial charge in [-0.05, 0) is 43.4 Å². The van der Waals surface area contributed by atoms with E-state index in [1.54, 1.807) is 0 Å². The number of hydrogen-bond donors (Lipinski definition) is 1. The van der Waals surface area contributed by atoms with E-state index in [2.05, 4.69) is 5.32 Å². The van der Waals surface area contributed by atoms with E-state index in [1.807, 2.05) is 6.92 Å². The van der Waals surface area contributed by atoms with Gasteiger partial charge in [0.1, 0.15) is 5.75 Å². The van der Waals surface area contributed by atoms with Crippen LogP contribution in [0, 0.1) is 11.8 Å². The van der Waals surface area contributed by atoms with E-state index in [4.69, 9.17) is 9.47 Å². The number of hydrogen-bond acceptors (Lipinski definition) is 6. The van der Waals surface area contributed by atoms with Gasteiger partial charge < -0.3 is 14.8 Å². The number of nitrogens with zero attached hydrogens (tertiary/aromatic N) is 1. The molecule has 1 aliphatic heterocycles. The maximum Gasteiger partial charge on any atom is 0.309 e. The van der Waals surface area contributed by atoms with Crippen LogP contribution in [0.15, 0.2) is 23.1 Å². The molecule has 2 atom stereocenters. The minimum atomic E-state index is -3.66. The van der Waals surface area contributed by atoms with Crippen LogP contribution < -0.4 is 10.1 Å². The molecule has 1 amide bonds. The lowest BCUT2D eigenvalue weighted by Crippen LogP contribution is -2.32. The van der Waals surface area contributed by atoms with Crippen LogP contribution in [0.4, 0.5) is 5.69 Å². The van der Waals surface area contributed by atoms with Crippen LogP contribution in [0.3, 0.4) is 0 Å². The predicted octanol–water partition coefficient (Wildman–Crippen LogP) is 2.40.